The molecule has 1 aliphatic rings. The van der Waals surface area contributed by atoms with Crippen molar-refractivity contribution in [3.05, 3.63) is 23.8 Å². The number of nitrogens with one attached hydrogen (secondary N) is 1. The Morgan fingerprint density at radius 3 is 2.82 bits per heavy atom. The van der Waals surface area contributed by atoms with Crippen LogP contribution in [0.15, 0.2) is 18.2 Å². The summed E-state index contributed by atoms with van der Waals surface area (Å²) in [6.45, 7) is 6.02. The molecule has 0 aromatic heterocycles. The third-order valence-electron chi connectivity index (χ3n) is 4.01. The molecule has 0 bridgehead atoms. The molecule has 1 heterocycles. The van der Waals surface area contributed by atoms with Gasteiger partial charge < -0.3 is 15.3 Å². The number of aromatic carboxylic acids is 1. The average Bonchev–Trinajstić information content (AvgIpc) is 2.47. The van der Waals surface area contributed by atoms with Crippen molar-refractivity contribution >= 4 is 23.3 Å². The number of rotatable bonds is 5. The van der Waals surface area contributed by atoms with E-state index in [1.165, 1.54) is 6.42 Å². The largest absolute Gasteiger partial charge is 0.478 e. The lowest BCUT2D eigenvalue weighted by molar-refractivity contribution is -0.116. The van der Waals surface area contributed by atoms with Gasteiger partial charge in [0.05, 0.1) is 11.3 Å². The molecule has 120 valence electrons. The molecule has 1 saturated heterocycles. The first kappa shape index (κ1) is 16.3. The molecule has 5 nitrogen and oxygen atoms in total. The van der Waals surface area contributed by atoms with Crippen LogP contribution in [0.3, 0.4) is 0 Å². The smallest absolute Gasteiger partial charge is 0.337 e. The van der Waals surface area contributed by atoms with E-state index >= 15 is 0 Å². The van der Waals surface area contributed by atoms with E-state index in [2.05, 4.69) is 17.1 Å². The Kier molecular flexibility index (Phi) is 5.41. The van der Waals surface area contributed by atoms with Gasteiger partial charge in [0.15, 0.2) is 0 Å². The Labute approximate surface area is 131 Å². The molecule has 0 saturated carbocycles. The van der Waals surface area contributed by atoms with E-state index in [9.17, 15) is 14.7 Å². The van der Waals surface area contributed by atoms with Gasteiger partial charge in [-0.15, -0.1) is 0 Å². The minimum absolute atomic E-state index is 0.149. The average molecular weight is 304 g/mol. The van der Waals surface area contributed by atoms with Crippen LogP contribution in [0, 0.1) is 5.92 Å². The number of carboxylic acids is 1. The topological polar surface area (TPSA) is 69.6 Å². The number of carbonyl (C=O) groups is 2. The first-order chi connectivity index (χ1) is 10.5. The predicted octanol–water partition coefficient (Wildman–Crippen LogP) is 3.36. The molecule has 22 heavy (non-hydrogen) atoms. The van der Waals surface area contributed by atoms with Gasteiger partial charge in [0.1, 0.15) is 0 Å². The maximum Gasteiger partial charge on any atom is 0.337 e. The van der Waals surface area contributed by atoms with Crippen LogP contribution < -0.4 is 10.2 Å². The molecular weight excluding hydrogens is 280 g/mol. The van der Waals surface area contributed by atoms with E-state index in [0.717, 1.165) is 31.6 Å². The van der Waals surface area contributed by atoms with Crippen LogP contribution in [0.4, 0.5) is 11.4 Å². The van der Waals surface area contributed by atoms with Gasteiger partial charge in [0.2, 0.25) is 5.91 Å². The highest BCUT2D eigenvalue weighted by atomic mass is 16.4. The Balaban J connectivity index is 2.23. The number of hydrogen-bond acceptors (Lipinski definition) is 3. The summed E-state index contributed by atoms with van der Waals surface area (Å²) >= 11 is 0. The summed E-state index contributed by atoms with van der Waals surface area (Å²) < 4.78 is 0. The zero-order valence-electron chi connectivity index (χ0n) is 13.3. The second-order valence-electron chi connectivity index (χ2n) is 6.03. The maximum absolute atomic E-state index is 11.7. The molecule has 1 aromatic rings. The first-order valence-corrected chi connectivity index (χ1v) is 7.93. The van der Waals surface area contributed by atoms with Crippen molar-refractivity contribution in [2.24, 2.45) is 5.92 Å². The lowest BCUT2D eigenvalue weighted by atomic mass is 9.99. The van der Waals surface area contributed by atoms with Crippen molar-refractivity contribution in [3.8, 4) is 0 Å². The lowest BCUT2D eigenvalue weighted by Gasteiger charge is -2.33. The summed E-state index contributed by atoms with van der Waals surface area (Å²) in [5.41, 5.74) is 1.44. The number of benzene rings is 1. The molecule has 0 radical (unpaired) electrons. The van der Waals surface area contributed by atoms with Crippen LogP contribution in [0.5, 0.6) is 0 Å². The SMILES string of the molecule is CCCC(=O)Nc1ccc(N2CCC[C@H](C)C2)cc1C(=O)O. The number of carboxylic acid groups (broad SMARTS) is 1. The summed E-state index contributed by atoms with van der Waals surface area (Å²) in [6.07, 6.45) is 3.47. The number of anilines is 2. The summed E-state index contributed by atoms with van der Waals surface area (Å²) in [7, 11) is 0. The zero-order valence-corrected chi connectivity index (χ0v) is 13.3. The van der Waals surface area contributed by atoms with Gasteiger partial charge in [-0.2, -0.15) is 0 Å². The van der Waals surface area contributed by atoms with Gasteiger partial charge in [-0.05, 0) is 43.4 Å². The third-order valence-corrected chi connectivity index (χ3v) is 4.01. The molecule has 1 aromatic carbocycles. The standard InChI is InChI=1S/C17H24N2O3/c1-3-5-16(20)18-15-8-7-13(10-14(15)17(21)22)19-9-4-6-12(2)11-19/h7-8,10,12H,3-6,9,11H2,1-2H3,(H,18,20)(H,21,22)/t12-/m0/s1. The van der Waals surface area contributed by atoms with Crippen LogP contribution in [-0.4, -0.2) is 30.1 Å². The summed E-state index contributed by atoms with van der Waals surface area (Å²) in [6, 6.07) is 5.26. The van der Waals surface area contributed by atoms with Gasteiger partial charge in [0, 0.05) is 25.2 Å². The van der Waals surface area contributed by atoms with Crippen LogP contribution in [0.1, 0.15) is 49.9 Å². The van der Waals surface area contributed by atoms with Gasteiger partial charge in [-0.25, -0.2) is 4.79 Å². The lowest BCUT2D eigenvalue weighted by Crippen LogP contribution is -2.34. The molecule has 2 rings (SSSR count). The Morgan fingerprint density at radius 2 is 2.18 bits per heavy atom. The minimum atomic E-state index is -1.02. The van der Waals surface area contributed by atoms with Gasteiger partial charge in [-0.3, -0.25) is 4.79 Å². The second-order valence-corrected chi connectivity index (χ2v) is 6.03. The Hall–Kier alpha value is -2.04. The highest BCUT2D eigenvalue weighted by Gasteiger charge is 2.19. The molecule has 1 amide bonds. The monoisotopic (exact) mass is 304 g/mol. The summed E-state index contributed by atoms with van der Waals surface area (Å²) in [5, 5.41) is 12.1. The van der Waals surface area contributed by atoms with Crippen LogP contribution in [0.25, 0.3) is 0 Å². The van der Waals surface area contributed by atoms with Gasteiger partial charge in [0.25, 0.3) is 0 Å². The molecule has 1 atom stereocenters. The fraction of sp³-hybridized carbons (Fsp3) is 0.529. The summed E-state index contributed by atoms with van der Waals surface area (Å²) in [4.78, 5) is 25.4. The quantitative estimate of drug-likeness (QED) is 0.875. The van der Waals surface area contributed by atoms with Crippen LogP contribution in [0.2, 0.25) is 0 Å². The van der Waals surface area contributed by atoms with Crippen LogP contribution in [-0.2, 0) is 4.79 Å². The molecular formula is C17H24N2O3. The van der Waals surface area contributed by atoms with E-state index in [1.807, 2.05) is 13.0 Å². The van der Waals surface area contributed by atoms with E-state index < -0.39 is 5.97 Å². The highest BCUT2D eigenvalue weighted by molar-refractivity contribution is 6.01. The Bertz CT molecular complexity index is 557. The summed E-state index contributed by atoms with van der Waals surface area (Å²) in [5.74, 6) is -0.547. The zero-order chi connectivity index (χ0) is 16.1. The third kappa shape index (κ3) is 4.00. The highest BCUT2D eigenvalue weighted by Crippen LogP contribution is 2.27. The van der Waals surface area contributed by atoms with Crippen molar-refractivity contribution in [2.75, 3.05) is 23.3 Å². The number of amides is 1. The van der Waals surface area contributed by atoms with Gasteiger partial charge in [-0.1, -0.05) is 13.8 Å². The number of nitrogens with zero attached hydrogens (tertiary/aromatic N) is 1. The Morgan fingerprint density at radius 1 is 1.41 bits per heavy atom. The predicted molar refractivity (Wildman–Crippen MR) is 87.6 cm³/mol. The van der Waals surface area contributed by atoms with E-state index in [4.69, 9.17) is 0 Å². The molecule has 0 unspecified atom stereocenters. The molecule has 1 fully saturated rings. The number of piperidine rings is 1. The minimum Gasteiger partial charge on any atom is -0.478 e. The molecule has 2 N–H and O–H groups in total. The van der Waals surface area contributed by atoms with Crippen molar-refractivity contribution in [3.63, 3.8) is 0 Å². The first-order valence-electron chi connectivity index (χ1n) is 7.93. The van der Waals surface area contributed by atoms with Gasteiger partial charge >= 0.3 is 5.97 Å². The van der Waals surface area contributed by atoms with Crippen molar-refractivity contribution in [2.45, 2.75) is 39.5 Å². The molecule has 0 spiro atoms. The van der Waals surface area contributed by atoms with Crippen LogP contribution >= 0.6 is 0 Å². The number of carbonyl (C=O) groups excluding carboxylic acids is 1. The number of hydrogen-bond donors (Lipinski definition) is 2. The second kappa shape index (κ2) is 7.29. The molecule has 1 aliphatic heterocycles. The normalized spacial score (nSPS) is 18.1. The molecule has 0 aliphatic carbocycles. The fourth-order valence-corrected chi connectivity index (χ4v) is 2.88. The van der Waals surface area contributed by atoms with Crippen molar-refractivity contribution in [1.29, 1.82) is 0 Å². The molecule has 5 heteroatoms. The van der Waals surface area contributed by atoms with Crippen molar-refractivity contribution in [1.82, 2.24) is 0 Å². The van der Waals surface area contributed by atoms with Crippen molar-refractivity contribution < 1.29 is 14.7 Å². The van der Waals surface area contributed by atoms with E-state index in [0.29, 0.717) is 18.0 Å². The maximum atomic E-state index is 11.7. The fourth-order valence-electron chi connectivity index (χ4n) is 2.88. The van der Waals surface area contributed by atoms with E-state index in [1.54, 1.807) is 12.1 Å². The van der Waals surface area contributed by atoms with E-state index in [-0.39, 0.29) is 11.5 Å².